The molecule has 2 aromatic heterocycles. The number of methoxy groups -OCH3 is 1. The van der Waals surface area contributed by atoms with Gasteiger partial charge < -0.3 is 14.7 Å². The molecule has 0 saturated carbocycles. The number of fused-ring (bicyclic) bond motifs is 1. The summed E-state index contributed by atoms with van der Waals surface area (Å²) in [6.07, 6.45) is 3.79. The molecule has 0 aromatic carbocycles. The summed E-state index contributed by atoms with van der Waals surface area (Å²) >= 11 is 1.21. The molecule has 0 radical (unpaired) electrons. The lowest BCUT2D eigenvalue weighted by molar-refractivity contribution is 0.0701. The van der Waals surface area contributed by atoms with Crippen LogP contribution in [0.3, 0.4) is 0 Å². The number of aromatic nitrogens is 2. The van der Waals surface area contributed by atoms with Crippen LogP contribution in [0, 0.1) is 6.92 Å². The first-order valence-electron chi connectivity index (χ1n) is 6.87. The van der Waals surface area contributed by atoms with Crippen molar-refractivity contribution in [2.45, 2.75) is 25.9 Å². The number of anilines is 1. The van der Waals surface area contributed by atoms with Gasteiger partial charge in [0.2, 0.25) is 0 Å². The summed E-state index contributed by atoms with van der Waals surface area (Å²) < 4.78 is 5.45. The van der Waals surface area contributed by atoms with Crippen molar-refractivity contribution in [3.05, 3.63) is 16.8 Å². The smallest absolute Gasteiger partial charge is 0.346 e. The highest BCUT2D eigenvalue weighted by atomic mass is 32.1. The Hall–Kier alpha value is -1.73. The van der Waals surface area contributed by atoms with Crippen LogP contribution in [0.2, 0.25) is 0 Å². The molecule has 0 bridgehead atoms. The number of nitrogens with zero attached hydrogens (tertiary/aromatic N) is 3. The molecule has 6 nitrogen and oxygen atoms in total. The maximum Gasteiger partial charge on any atom is 0.346 e. The number of piperidine rings is 1. The lowest BCUT2D eigenvalue weighted by Crippen LogP contribution is -2.39. The van der Waals surface area contributed by atoms with Gasteiger partial charge in [-0.05, 0) is 25.3 Å². The first-order chi connectivity index (χ1) is 10.1. The molecular formula is C14H17N3O3S. The Morgan fingerprint density at radius 3 is 3.05 bits per heavy atom. The number of aromatic carboxylic acids is 1. The van der Waals surface area contributed by atoms with Crippen molar-refractivity contribution >= 4 is 33.3 Å². The summed E-state index contributed by atoms with van der Waals surface area (Å²) in [5, 5.41) is 10.1. The number of ether oxygens (including phenoxy) is 1. The third-order valence-corrected chi connectivity index (χ3v) is 5.10. The number of hydrogen-bond acceptors (Lipinski definition) is 6. The molecule has 1 saturated heterocycles. The first kappa shape index (κ1) is 14.2. The van der Waals surface area contributed by atoms with E-state index >= 15 is 0 Å². The number of carboxylic acids is 1. The Labute approximate surface area is 126 Å². The third kappa shape index (κ3) is 2.47. The van der Waals surface area contributed by atoms with Crippen LogP contribution in [-0.2, 0) is 4.74 Å². The van der Waals surface area contributed by atoms with Crippen molar-refractivity contribution in [3.63, 3.8) is 0 Å². The molecule has 1 fully saturated rings. The summed E-state index contributed by atoms with van der Waals surface area (Å²) in [7, 11) is 1.72. The van der Waals surface area contributed by atoms with Crippen LogP contribution in [0.1, 0.15) is 28.1 Å². The molecule has 21 heavy (non-hydrogen) atoms. The van der Waals surface area contributed by atoms with E-state index in [-0.39, 0.29) is 6.10 Å². The van der Waals surface area contributed by atoms with E-state index in [9.17, 15) is 9.90 Å². The van der Waals surface area contributed by atoms with Gasteiger partial charge in [-0.25, -0.2) is 14.8 Å². The normalized spacial score (nSPS) is 19.1. The number of thiophene rings is 1. The number of aryl methyl sites for hydroxylation is 1. The Balaban J connectivity index is 2.08. The maximum atomic E-state index is 11.3. The van der Waals surface area contributed by atoms with Crippen molar-refractivity contribution in [1.82, 2.24) is 9.97 Å². The zero-order valence-corrected chi connectivity index (χ0v) is 12.8. The van der Waals surface area contributed by atoms with Crippen molar-refractivity contribution in [2.75, 3.05) is 25.1 Å². The standard InChI is InChI=1S/C14H17N3O3S/c1-8-10-12(17-5-3-4-9(6-17)20-2)15-7-16-13(10)21-11(8)14(18)19/h7,9H,3-6H2,1-2H3,(H,18,19). The molecule has 1 aliphatic rings. The average Bonchev–Trinajstić information content (AvgIpc) is 2.85. The molecule has 0 spiro atoms. The predicted octanol–water partition coefficient (Wildman–Crippen LogP) is 2.31. The summed E-state index contributed by atoms with van der Waals surface area (Å²) in [5.41, 5.74) is 0.748. The Bertz CT molecular complexity index is 685. The molecule has 3 rings (SSSR count). The van der Waals surface area contributed by atoms with Gasteiger partial charge in [-0.2, -0.15) is 0 Å². The minimum Gasteiger partial charge on any atom is -0.477 e. The summed E-state index contributed by atoms with van der Waals surface area (Å²) in [5.74, 6) is -0.0853. The van der Waals surface area contributed by atoms with E-state index in [1.807, 2.05) is 6.92 Å². The van der Waals surface area contributed by atoms with Crippen LogP contribution in [-0.4, -0.2) is 47.3 Å². The Kier molecular flexibility index (Phi) is 3.77. The minimum absolute atomic E-state index is 0.196. The fraction of sp³-hybridized carbons (Fsp3) is 0.500. The highest BCUT2D eigenvalue weighted by Crippen LogP contribution is 2.35. The fourth-order valence-corrected chi connectivity index (χ4v) is 3.80. The highest BCUT2D eigenvalue weighted by Gasteiger charge is 2.25. The van der Waals surface area contributed by atoms with E-state index in [1.165, 1.54) is 17.7 Å². The van der Waals surface area contributed by atoms with Gasteiger partial charge in [0.15, 0.2) is 0 Å². The van der Waals surface area contributed by atoms with Gasteiger partial charge in [0.05, 0.1) is 11.5 Å². The maximum absolute atomic E-state index is 11.3. The topological polar surface area (TPSA) is 75.5 Å². The van der Waals surface area contributed by atoms with Gasteiger partial charge in [0.1, 0.15) is 21.9 Å². The molecule has 7 heteroatoms. The van der Waals surface area contributed by atoms with E-state index in [4.69, 9.17) is 4.74 Å². The van der Waals surface area contributed by atoms with Gasteiger partial charge in [-0.1, -0.05) is 0 Å². The van der Waals surface area contributed by atoms with Gasteiger partial charge >= 0.3 is 5.97 Å². The van der Waals surface area contributed by atoms with Crippen LogP contribution in [0.15, 0.2) is 6.33 Å². The monoisotopic (exact) mass is 307 g/mol. The second-order valence-electron chi connectivity index (χ2n) is 5.18. The van der Waals surface area contributed by atoms with E-state index in [1.54, 1.807) is 7.11 Å². The second-order valence-corrected chi connectivity index (χ2v) is 6.18. The van der Waals surface area contributed by atoms with Crippen molar-refractivity contribution in [3.8, 4) is 0 Å². The molecule has 1 aliphatic heterocycles. The predicted molar refractivity (Wildman–Crippen MR) is 81.4 cm³/mol. The molecule has 2 aromatic rings. The van der Waals surface area contributed by atoms with E-state index in [2.05, 4.69) is 14.9 Å². The van der Waals surface area contributed by atoms with Crippen LogP contribution in [0.5, 0.6) is 0 Å². The summed E-state index contributed by atoms with van der Waals surface area (Å²) in [4.78, 5) is 23.2. The molecule has 0 aliphatic carbocycles. The summed E-state index contributed by atoms with van der Waals surface area (Å²) in [6.45, 7) is 3.51. The first-order valence-corrected chi connectivity index (χ1v) is 7.68. The Morgan fingerprint density at radius 2 is 2.33 bits per heavy atom. The molecule has 1 N–H and O–H groups in total. The second kappa shape index (κ2) is 5.57. The van der Waals surface area contributed by atoms with Crippen molar-refractivity contribution in [2.24, 2.45) is 0 Å². The number of hydrogen-bond donors (Lipinski definition) is 1. The lowest BCUT2D eigenvalue weighted by Gasteiger charge is -2.33. The highest BCUT2D eigenvalue weighted by molar-refractivity contribution is 7.20. The van der Waals surface area contributed by atoms with Crippen LogP contribution in [0.4, 0.5) is 5.82 Å². The van der Waals surface area contributed by atoms with Crippen LogP contribution >= 0.6 is 11.3 Å². The average molecular weight is 307 g/mol. The fourth-order valence-electron chi connectivity index (χ4n) is 2.82. The SMILES string of the molecule is COC1CCCN(c2ncnc3sc(C(=O)O)c(C)c23)C1. The largest absolute Gasteiger partial charge is 0.477 e. The van der Waals surface area contributed by atoms with Crippen LogP contribution in [0.25, 0.3) is 10.2 Å². The quantitative estimate of drug-likeness (QED) is 0.938. The lowest BCUT2D eigenvalue weighted by atomic mass is 10.1. The molecular weight excluding hydrogens is 290 g/mol. The molecule has 112 valence electrons. The minimum atomic E-state index is -0.908. The zero-order valence-electron chi connectivity index (χ0n) is 12.0. The van der Waals surface area contributed by atoms with Crippen molar-refractivity contribution < 1.29 is 14.6 Å². The zero-order chi connectivity index (χ0) is 15.0. The van der Waals surface area contributed by atoms with Gasteiger partial charge in [0.25, 0.3) is 0 Å². The molecule has 3 heterocycles. The number of carboxylic acid groups (broad SMARTS) is 1. The number of carbonyl (C=O) groups is 1. The van der Waals surface area contributed by atoms with E-state index in [0.29, 0.717) is 4.88 Å². The van der Waals surface area contributed by atoms with E-state index in [0.717, 1.165) is 47.5 Å². The molecule has 0 amide bonds. The van der Waals surface area contributed by atoms with Gasteiger partial charge in [-0.15, -0.1) is 11.3 Å². The van der Waals surface area contributed by atoms with Gasteiger partial charge in [-0.3, -0.25) is 0 Å². The molecule has 1 atom stereocenters. The third-order valence-electron chi connectivity index (χ3n) is 3.91. The van der Waals surface area contributed by atoms with Gasteiger partial charge in [0, 0.05) is 20.2 Å². The van der Waals surface area contributed by atoms with Crippen LogP contribution < -0.4 is 4.90 Å². The van der Waals surface area contributed by atoms with E-state index < -0.39 is 5.97 Å². The van der Waals surface area contributed by atoms with Crippen molar-refractivity contribution in [1.29, 1.82) is 0 Å². The Morgan fingerprint density at radius 1 is 1.52 bits per heavy atom. The number of rotatable bonds is 3. The summed E-state index contributed by atoms with van der Waals surface area (Å²) in [6, 6.07) is 0. The molecule has 1 unspecified atom stereocenters.